The van der Waals surface area contributed by atoms with Crippen molar-refractivity contribution >= 4 is 12.2 Å². The summed E-state index contributed by atoms with van der Waals surface area (Å²) in [4.78, 5) is 31.6. The number of carbonyl (C=O) groups excluding carboxylic acids is 2. The van der Waals surface area contributed by atoms with Gasteiger partial charge in [-0.15, -0.1) is 4.73 Å². The smallest absolute Gasteiger partial charge is 0.410 e. The average Bonchev–Trinajstić information content (AvgIpc) is 2.98. The quantitative estimate of drug-likeness (QED) is 0.317. The summed E-state index contributed by atoms with van der Waals surface area (Å²) in [5.74, 6) is 2.00. The van der Waals surface area contributed by atoms with Crippen molar-refractivity contribution in [3.05, 3.63) is 41.9 Å². The van der Waals surface area contributed by atoms with E-state index in [-0.39, 0.29) is 30.3 Å². The molecule has 250 valence electrons. The van der Waals surface area contributed by atoms with E-state index in [0.717, 1.165) is 12.8 Å². The molecule has 2 fully saturated rings. The summed E-state index contributed by atoms with van der Waals surface area (Å²) in [6.45, 7) is 13.5. The van der Waals surface area contributed by atoms with Crippen molar-refractivity contribution in [2.75, 3.05) is 40.4 Å². The summed E-state index contributed by atoms with van der Waals surface area (Å²) in [5.41, 5.74) is -0.959. The van der Waals surface area contributed by atoms with Crippen LogP contribution in [0.5, 0.6) is 23.3 Å². The van der Waals surface area contributed by atoms with Crippen LogP contribution in [0.2, 0.25) is 0 Å². The number of carbonyl (C=O) groups is 2. The summed E-state index contributed by atoms with van der Waals surface area (Å²) in [6.07, 6.45) is 5.22. The van der Waals surface area contributed by atoms with Crippen LogP contribution in [0, 0.1) is 5.21 Å². The number of aromatic nitrogens is 2. The van der Waals surface area contributed by atoms with Gasteiger partial charge in [0.2, 0.25) is 12.1 Å². The molecule has 13 nitrogen and oxygen atoms in total. The number of ether oxygens (including phenoxy) is 6. The van der Waals surface area contributed by atoms with Gasteiger partial charge in [-0.05, 0) is 53.7 Å². The molecule has 2 aliphatic rings. The van der Waals surface area contributed by atoms with E-state index in [1.54, 1.807) is 41.3 Å². The highest BCUT2D eigenvalue weighted by atomic mass is 16.6. The van der Waals surface area contributed by atoms with Gasteiger partial charge in [-0.25, -0.2) is 14.6 Å². The molecule has 45 heavy (non-hydrogen) atoms. The van der Waals surface area contributed by atoms with Gasteiger partial charge < -0.3 is 43.4 Å². The third kappa shape index (κ3) is 12.0. The minimum atomic E-state index is -0.498. The van der Waals surface area contributed by atoms with E-state index in [0.29, 0.717) is 61.1 Å². The summed E-state index contributed by atoms with van der Waals surface area (Å²) in [7, 11) is 3.10. The van der Waals surface area contributed by atoms with Crippen LogP contribution in [0.4, 0.5) is 9.59 Å². The van der Waals surface area contributed by atoms with Crippen molar-refractivity contribution in [3.63, 3.8) is 0 Å². The largest absolute Gasteiger partial charge is 0.616 e. The fraction of sp³-hybridized carbons (Fsp3) is 0.625. The number of amides is 2. The van der Waals surface area contributed by atoms with Crippen molar-refractivity contribution in [2.45, 2.75) is 90.6 Å². The zero-order valence-electron chi connectivity index (χ0n) is 27.7. The van der Waals surface area contributed by atoms with Crippen molar-refractivity contribution in [1.82, 2.24) is 14.8 Å². The second kappa shape index (κ2) is 15.7. The first-order valence-electron chi connectivity index (χ1n) is 15.2. The topological polar surface area (TPSA) is 136 Å². The molecule has 0 atom stereocenters. The lowest BCUT2D eigenvalue weighted by Crippen LogP contribution is -2.45. The molecular formula is C32H48N4O9. The van der Waals surface area contributed by atoms with E-state index in [2.05, 4.69) is 4.98 Å². The first kappa shape index (κ1) is 35.3. The van der Waals surface area contributed by atoms with Crippen LogP contribution >= 0.6 is 0 Å². The number of rotatable bonds is 6. The molecule has 2 amide bonds. The Labute approximate surface area is 265 Å². The van der Waals surface area contributed by atoms with Gasteiger partial charge in [0.05, 0.1) is 26.5 Å². The van der Waals surface area contributed by atoms with Crippen LogP contribution in [0.15, 0.2) is 36.7 Å². The number of piperidine rings is 2. The van der Waals surface area contributed by atoms with Gasteiger partial charge >= 0.3 is 18.1 Å². The Morgan fingerprint density at radius 2 is 1.22 bits per heavy atom. The van der Waals surface area contributed by atoms with Gasteiger partial charge in [0, 0.05) is 57.9 Å². The SMILES string of the molecule is COc1ccc(OC2CCN(C(=O)OC(C)(C)C)CC2)[n+]([O-])c1.COc1ccc(OC2CCN(C(=O)OC(C)(C)C)CC2)nc1. The van der Waals surface area contributed by atoms with Gasteiger partial charge in [-0.3, -0.25) is 0 Å². The van der Waals surface area contributed by atoms with Crippen LogP contribution in [-0.4, -0.2) is 90.8 Å². The van der Waals surface area contributed by atoms with E-state index in [4.69, 9.17) is 28.4 Å². The maximum absolute atomic E-state index is 12.0. The number of methoxy groups -OCH3 is 2. The number of hydrogen-bond acceptors (Lipinski definition) is 10. The highest BCUT2D eigenvalue weighted by Gasteiger charge is 2.29. The highest BCUT2D eigenvalue weighted by molar-refractivity contribution is 5.68. The molecule has 0 radical (unpaired) electrons. The van der Waals surface area contributed by atoms with Crippen LogP contribution in [0.1, 0.15) is 67.2 Å². The van der Waals surface area contributed by atoms with E-state index in [1.807, 2.05) is 47.6 Å². The number of nitrogens with zero attached hydrogens (tertiary/aromatic N) is 4. The zero-order chi connectivity index (χ0) is 33.2. The standard InChI is InChI=1S/C16H24N2O5.C16H24N2O4/c1-16(2,3)23-15(19)17-9-7-12(8-10-17)22-14-6-5-13(21-4)11-18(14)20;1-16(2,3)22-15(19)18-9-7-12(8-10-18)21-14-6-5-13(20-4)11-17-14/h5-6,11-12H,7-10H2,1-4H3;5-6,11-12H,7-10H2,1-4H3. The van der Waals surface area contributed by atoms with Gasteiger partial charge in [-0.1, -0.05) is 0 Å². The summed E-state index contributed by atoms with van der Waals surface area (Å²) < 4.78 is 33.0. The predicted octanol–water partition coefficient (Wildman–Crippen LogP) is 4.98. The monoisotopic (exact) mass is 632 g/mol. The maximum atomic E-state index is 12.0. The summed E-state index contributed by atoms with van der Waals surface area (Å²) in [5, 5.41) is 11.8. The molecule has 0 spiro atoms. The first-order valence-corrected chi connectivity index (χ1v) is 15.2. The Kier molecular flexibility index (Phi) is 12.3. The van der Waals surface area contributed by atoms with Crippen LogP contribution in [0.25, 0.3) is 0 Å². The molecule has 0 aliphatic carbocycles. The van der Waals surface area contributed by atoms with Crippen LogP contribution in [-0.2, 0) is 9.47 Å². The van der Waals surface area contributed by atoms with E-state index in [9.17, 15) is 14.8 Å². The molecule has 0 N–H and O–H groups in total. The Morgan fingerprint density at radius 3 is 1.62 bits per heavy atom. The van der Waals surface area contributed by atoms with E-state index in [1.165, 1.54) is 13.3 Å². The van der Waals surface area contributed by atoms with Crippen LogP contribution in [0.3, 0.4) is 0 Å². The lowest BCUT2D eigenvalue weighted by Gasteiger charge is -2.33. The lowest BCUT2D eigenvalue weighted by molar-refractivity contribution is -0.614. The van der Waals surface area contributed by atoms with E-state index < -0.39 is 11.2 Å². The molecule has 0 aromatic carbocycles. The molecule has 2 saturated heterocycles. The normalized spacial score (nSPS) is 16.2. The second-order valence-corrected chi connectivity index (χ2v) is 12.8. The fourth-order valence-corrected chi connectivity index (χ4v) is 4.53. The first-order chi connectivity index (χ1) is 21.2. The third-order valence-corrected chi connectivity index (χ3v) is 6.79. The van der Waals surface area contributed by atoms with Gasteiger partial charge in [0.15, 0.2) is 5.75 Å². The molecule has 2 aromatic rings. The number of likely N-dealkylation sites (tertiary alicyclic amines) is 2. The predicted molar refractivity (Wildman–Crippen MR) is 166 cm³/mol. The van der Waals surface area contributed by atoms with Gasteiger partial charge in [0.25, 0.3) is 0 Å². The molecule has 4 heterocycles. The molecule has 0 saturated carbocycles. The number of pyridine rings is 2. The minimum Gasteiger partial charge on any atom is -0.616 e. The van der Waals surface area contributed by atoms with E-state index >= 15 is 0 Å². The van der Waals surface area contributed by atoms with Gasteiger partial charge in [0.1, 0.15) is 29.2 Å². The Bertz CT molecular complexity index is 1230. The number of hydrogen-bond donors (Lipinski definition) is 0. The summed E-state index contributed by atoms with van der Waals surface area (Å²) >= 11 is 0. The van der Waals surface area contributed by atoms with Crippen molar-refractivity contribution in [3.8, 4) is 23.3 Å². The maximum Gasteiger partial charge on any atom is 0.410 e. The van der Waals surface area contributed by atoms with Crippen molar-refractivity contribution in [2.24, 2.45) is 0 Å². The molecule has 0 unspecified atom stereocenters. The molecule has 2 aromatic heterocycles. The Hall–Kier alpha value is -4.16. The lowest BCUT2D eigenvalue weighted by atomic mass is 10.1. The molecule has 0 bridgehead atoms. The van der Waals surface area contributed by atoms with Crippen molar-refractivity contribution < 1.29 is 42.7 Å². The van der Waals surface area contributed by atoms with Crippen LogP contribution < -0.4 is 23.7 Å². The second-order valence-electron chi connectivity index (χ2n) is 12.8. The fourth-order valence-electron chi connectivity index (χ4n) is 4.53. The molecule has 2 aliphatic heterocycles. The molecule has 13 heteroatoms. The highest BCUT2D eigenvalue weighted by Crippen LogP contribution is 2.22. The average molecular weight is 633 g/mol. The zero-order valence-corrected chi connectivity index (χ0v) is 27.7. The van der Waals surface area contributed by atoms with Crippen molar-refractivity contribution in [1.29, 1.82) is 0 Å². The van der Waals surface area contributed by atoms with Gasteiger partial charge in [-0.2, -0.15) is 0 Å². The summed E-state index contributed by atoms with van der Waals surface area (Å²) in [6, 6.07) is 6.88. The molecule has 4 rings (SSSR count). The molecular weight excluding hydrogens is 584 g/mol. The third-order valence-electron chi connectivity index (χ3n) is 6.79. The minimum absolute atomic E-state index is 0.0691. The Balaban J connectivity index is 0.000000246. The Morgan fingerprint density at radius 1 is 0.756 bits per heavy atom.